The van der Waals surface area contributed by atoms with Crippen molar-refractivity contribution in [1.82, 2.24) is 9.80 Å². The Morgan fingerprint density at radius 2 is 2.26 bits per heavy atom. The van der Waals surface area contributed by atoms with Crippen molar-refractivity contribution in [1.29, 1.82) is 0 Å². The Balaban J connectivity index is 2.21. The Labute approximate surface area is 119 Å². The third-order valence-corrected chi connectivity index (χ3v) is 3.83. The summed E-state index contributed by atoms with van der Waals surface area (Å²) in [6.07, 6.45) is 2.09. The number of amides is 1. The molecule has 0 radical (unpaired) electrons. The van der Waals surface area contributed by atoms with Gasteiger partial charge in [-0.25, -0.2) is 0 Å². The standard InChI is InChI=1S/C14H20ClN3O/c1-17(2)9-10-5-4-8-18(10)14(19)11-6-3-7-12(15)13(11)16/h3,6-7,10H,4-5,8-9,16H2,1-2H3. The minimum absolute atomic E-state index is 0.00986. The number of anilines is 1. The van der Waals surface area contributed by atoms with Gasteiger partial charge in [0.05, 0.1) is 16.3 Å². The second-order valence-electron chi connectivity index (χ2n) is 5.26. The van der Waals surface area contributed by atoms with Gasteiger partial charge in [0.2, 0.25) is 0 Å². The molecule has 0 spiro atoms. The van der Waals surface area contributed by atoms with E-state index < -0.39 is 0 Å². The van der Waals surface area contributed by atoms with Gasteiger partial charge in [-0.15, -0.1) is 0 Å². The third kappa shape index (κ3) is 3.01. The molecule has 1 aromatic rings. The van der Waals surface area contributed by atoms with Crippen LogP contribution in [0.4, 0.5) is 5.69 Å². The van der Waals surface area contributed by atoms with E-state index in [2.05, 4.69) is 4.90 Å². The number of para-hydroxylation sites is 1. The van der Waals surface area contributed by atoms with Gasteiger partial charge >= 0.3 is 0 Å². The number of likely N-dealkylation sites (tertiary alicyclic amines) is 1. The molecular weight excluding hydrogens is 262 g/mol. The zero-order chi connectivity index (χ0) is 14.0. The van der Waals surface area contributed by atoms with Crippen LogP contribution in [-0.4, -0.2) is 48.9 Å². The highest BCUT2D eigenvalue weighted by molar-refractivity contribution is 6.33. The molecule has 0 aliphatic carbocycles. The van der Waals surface area contributed by atoms with Crippen LogP contribution in [0.3, 0.4) is 0 Å². The predicted octanol–water partition coefficient (Wildman–Crippen LogP) is 2.09. The van der Waals surface area contributed by atoms with Crippen LogP contribution in [0.25, 0.3) is 0 Å². The SMILES string of the molecule is CN(C)CC1CCCN1C(=O)c1cccc(Cl)c1N. The monoisotopic (exact) mass is 281 g/mol. The summed E-state index contributed by atoms with van der Waals surface area (Å²) in [5, 5.41) is 0.439. The van der Waals surface area contributed by atoms with Crippen molar-refractivity contribution in [2.24, 2.45) is 0 Å². The highest BCUT2D eigenvalue weighted by Gasteiger charge is 2.30. The van der Waals surface area contributed by atoms with Gasteiger partial charge in [0.1, 0.15) is 0 Å². The number of nitrogens with zero attached hydrogens (tertiary/aromatic N) is 2. The number of benzene rings is 1. The topological polar surface area (TPSA) is 49.6 Å². The van der Waals surface area contributed by atoms with Crippen LogP contribution in [0.1, 0.15) is 23.2 Å². The van der Waals surface area contributed by atoms with E-state index in [1.54, 1.807) is 18.2 Å². The number of hydrogen-bond acceptors (Lipinski definition) is 3. The first-order valence-electron chi connectivity index (χ1n) is 6.50. The average Bonchev–Trinajstić information content (AvgIpc) is 2.79. The Morgan fingerprint density at radius 3 is 2.95 bits per heavy atom. The molecule has 0 aromatic heterocycles. The van der Waals surface area contributed by atoms with E-state index in [0.29, 0.717) is 16.3 Å². The van der Waals surface area contributed by atoms with Gasteiger partial charge in [0.15, 0.2) is 0 Å². The minimum Gasteiger partial charge on any atom is -0.397 e. The van der Waals surface area contributed by atoms with E-state index >= 15 is 0 Å². The van der Waals surface area contributed by atoms with Crippen molar-refractivity contribution in [3.05, 3.63) is 28.8 Å². The molecule has 104 valence electrons. The van der Waals surface area contributed by atoms with Gasteiger partial charge in [-0.2, -0.15) is 0 Å². The van der Waals surface area contributed by atoms with Crippen LogP contribution in [0.15, 0.2) is 18.2 Å². The average molecular weight is 282 g/mol. The molecule has 19 heavy (non-hydrogen) atoms. The van der Waals surface area contributed by atoms with Crippen LogP contribution in [0.5, 0.6) is 0 Å². The van der Waals surface area contributed by atoms with E-state index in [-0.39, 0.29) is 11.9 Å². The molecular formula is C14H20ClN3O. The summed E-state index contributed by atoms with van der Waals surface area (Å²) in [4.78, 5) is 16.6. The number of rotatable bonds is 3. The Morgan fingerprint density at radius 1 is 1.53 bits per heavy atom. The van der Waals surface area contributed by atoms with E-state index in [1.807, 2.05) is 19.0 Å². The maximum Gasteiger partial charge on any atom is 0.256 e. The van der Waals surface area contributed by atoms with Crippen LogP contribution in [0.2, 0.25) is 5.02 Å². The van der Waals surface area contributed by atoms with Gasteiger partial charge in [-0.3, -0.25) is 4.79 Å². The molecule has 2 N–H and O–H groups in total. The lowest BCUT2D eigenvalue weighted by molar-refractivity contribution is 0.0717. The molecule has 5 heteroatoms. The molecule has 1 aliphatic heterocycles. The van der Waals surface area contributed by atoms with Crippen LogP contribution < -0.4 is 5.73 Å². The fourth-order valence-corrected chi connectivity index (χ4v) is 2.77. The number of carbonyl (C=O) groups is 1. The molecule has 1 aliphatic rings. The molecule has 1 aromatic carbocycles. The lowest BCUT2D eigenvalue weighted by Gasteiger charge is -2.27. The summed E-state index contributed by atoms with van der Waals surface area (Å²) in [5.41, 5.74) is 6.80. The number of likely N-dealkylation sites (N-methyl/N-ethyl adjacent to an activating group) is 1. The van der Waals surface area contributed by atoms with Crippen molar-refractivity contribution in [3.63, 3.8) is 0 Å². The van der Waals surface area contributed by atoms with E-state index in [0.717, 1.165) is 25.9 Å². The zero-order valence-electron chi connectivity index (χ0n) is 11.4. The second-order valence-corrected chi connectivity index (χ2v) is 5.67. The van der Waals surface area contributed by atoms with E-state index in [4.69, 9.17) is 17.3 Å². The fraction of sp³-hybridized carbons (Fsp3) is 0.500. The van der Waals surface area contributed by atoms with Gasteiger partial charge in [-0.05, 0) is 39.1 Å². The van der Waals surface area contributed by atoms with Gasteiger partial charge < -0.3 is 15.5 Å². The number of nitrogen functional groups attached to an aromatic ring is 1. The molecule has 4 nitrogen and oxygen atoms in total. The first-order chi connectivity index (χ1) is 9.00. The van der Waals surface area contributed by atoms with Crippen LogP contribution >= 0.6 is 11.6 Å². The molecule has 0 bridgehead atoms. The lowest BCUT2D eigenvalue weighted by atomic mass is 10.1. The maximum atomic E-state index is 12.6. The van der Waals surface area contributed by atoms with Crippen LogP contribution in [0, 0.1) is 0 Å². The molecule has 2 rings (SSSR count). The summed E-state index contributed by atoms with van der Waals surface area (Å²) in [7, 11) is 4.05. The fourth-order valence-electron chi connectivity index (χ4n) is 2.59. The predicted molar refractivity (Wildman–Crippen MR) is 78.5 cm³/mol. The number of hydrogen-bond donors (Lipinski definition) is 1. The first-order valence-corrected chi connectivity index (χ1v) is 6.88. The highest BCUT2D eigenvalue weighted by Crippen LogP contribution is 2.27. The Kier molecular flexibility index (Phi) is 4.32. The summed E-state index contributed by atoms with van der Waals surface area (Å²) in [5.74, 6) is -0.00986. The normalized spacial score (nSPS) is 19.2. The number of carbonyl (C=O) groups excluding carboxylic acids is 1. The molecule has 1 unspecified atom stereocenters. The molecule has 1 fully saturated rings. The van der Waals surface area contributed by atoms with E-state index in [9.17, 15) is 4.79 Å². The molecule has 1 heterocycles. The quantitative estimate of drug-likeness (QED) is 0.863. The summed E-state index contributed by atoms with van der Waals surface area (Å²) >= 11 is 5.98. The van der Waals surface area contributed by atoms with Crippen molar-refractivity contribution in [3.8, 4) is 0 Å². The number of halogens is 1. The van der Waals surface area contributed by atoms with Gasteiger partial charge in [-0.1, -0.05) is 17.7 Å². The molecule has 1 atom stereocenters. The van der Waals surface area contributed by atoms with Crippen molar-refractivity contribution < 1.29 is 4.79 Å². The largest absolute Gasteiger partial charge is 0.397 e. The smallest absolute Gasteiger partial charge is 0.256 e. The molecule has 0 saturated carbocycles. The second kappa shape index (κ2) is 5.80. The van der Waals surface area contributed by atoms with Crippen molar-refractivity contribution >= 4 is 23.2 Å². The summed E-state index contributed by atoms with van der Waals surface area (Å²) in [6, 6.07) is 5.48. The Hall–Kier alpha value is -1.26. The van der Waals surface area contributed by atoms with Gasteiger partial charge in [0.25, 0.3) is 5.91 Å². The summed E-state index contributed by atoms with van der Waals surface area (Å²) < 4.78 is 0. The summed E-state index contributed by atoms with van der Waals surface area (Å²) in [6.45, 7) is 1.68. The van der Waals surface area contributed by atoms with E-state index in [1.165, 1.54) is 0 Å². The highest BCUT2D eigenvalue weighted by atomic mass is 35.5. The molecule has 1 saturated heterocycles. The van der Waals surface area contributed by atoms with Crippen molar-refractivity contribution in [2.75, 3.05) is 32.9 Å². The Bertz CT molecular complexity index is 476. The zero-order valence-corrected chi connectivity index (χ0v) is 12.2. The lowest BCUT2D eigenvalue weighted by Crippen LogP contribution is -2.41. The minimum atomic E-state index is -0.00986. The first kappa shape index (κ1) is 14.2. The number of nitrogens with two attached hydrogens (primary N) is 1. The maximum absolute atomic E-state index is 12.6. The van der Waals surface area contributed by atoms with Crippen LogP contribution in [-0.2, 0) is 0 Å². The molecule has 1 amide bonds. The van der Waals surface area contributed by atoms with Crippen molar-refractivity contribution in [2.45, 2.75) is 18.9 Å². The van der Waals surface area contributed by atoms with Gasteiger partial charge in [0, 0.05) is 19.1 Å². The third-order valence-electron chi connectivity index (χ3n) is 3.50.